The second kappa shape index (κ2) is 6.64. The first-order valence-electron chi connectivity index (χ1n) is 6.48. The fourth-order valence-corrected chi connectivity index (χ4v) is 3.74. The molecule has 0 aliphatic carbocycles. The number of para-hydroxylation sites is 1. The summed E-state index contributed by atoms with van der Waals surface area (Å²) in [5.41, 5.74) is 0.226. The number of benzene rings is 2. The highest BCUT2D eigenvalue weighted by Gasteiger charge is 2.24. The van der Waals surface area contributed by atoms with Crippen LogP contribution in [0.1, 0.15) is 10.4 Å². The molecule has 0 spiro atoms. The van der Waals surface area contributed by atoms with Crippen molar-refractivity contribution in [3.05, 3.63) is 60.6 Å². The van der Waals surface area contributed by atoms with E-state index in [0.29, 0.717) is 10.2 Å². The average Bonchev–Trinajstić information content (AvgIpc) is 2.86. The molecule has 0 amide bonds. The average molecular weight is 405 g/mol. The van der Waals surface area contributed by atoms with E-state index in [1.54, 1.807) is 18.2 Å². The summed E-state index contributed by atoms with van der Waals surface area (Å²) in [6.45, 7) is 0. The summed E-state index contributed by atoms with van der Waals surface area (Å²) < 4.78 is 6.53. The first-order chi connectivity index (χ1) is 11.4. The van der Waals surface area contributed by atoms with Gasteiger partial charge in [-0.15, -0.1) is 4.73 Å². The summed E-state index contributed by atoms with van der Waals surface area (Å²) >= 11 is 19.1. The zero-order valence-electron chi connectivity index (χ0n) is 12.0. The van der Waals surface area contributed by atoms with Gasteiger partial charge in [0.05, 0.1) is 26.9 Å². The van der Waals surface area contributed by atoms with E-state index in [2.05, 4.69) is 0 Å². The second-order valence-corrected chi connectivity index (χ2v) is 6.78. The van der Waals surface area contributed by atoms with Crippen LogP contribution in [-0.4, -0.2) is 17.8 Å². The fourth-order valence-electron chi connectivity index (χ4n) is 2.14. The second-order valence-electron chi connectivity index (χ2n) is 4.57. The van der Waals surface area contributed by atoms with Gasteiger partial charge in [-0.1, -0.05) is 52.2 Å². The maximum atomic E-state index is 12.5. The number of ether oxygens (including phenoxy) is 1. The first kappa shape index (κ1) is 17.1. The molecule has 0 radical (unpaired) electrons. The van der Waals surface area contributed by atoms with Crippen molar-refractivity contribution < 1.29 is 14.4 Å². The molecule has 0 bridgehead atoms. The van der Waals surface area contributed by atoms with Crippen molar-refractivity contribution in [1.29, 1.82) is 0 Å². The molecule has 5 nitrogen and oxygen atoms in total. The highest BCUT2D eigenvalue weighted by atomic mass is 35.5. The lowest BCUT2D eigenvalue weighted by Crippen LogP contribution is -2.27. The van der Waals surface area contributed by atoms with Gasteiger partial charge in [0.25, 0.3) is 0 Å². The van der Waals surface area contributed by atoms with Gasteiger partial charge in [0.2, 0.25) is 0 Å². The summed E-state index contributed by atoms with van der Waals surface area (Å²) in [6, 6.07) is 7.91. The van der Waals surface area contributed by atoms with Crippen LogP contribution in [0.5, 0.6) is 5.75 Å². The molecule has 0 fully saturated rings. The van der Waals surface area contributed by atoms with Gasteiger partial charge in [0.1, 0.15) is 11.1 Å². The number of rotatable bonds is 3. The minimum atomic E-state index is -0.888. The minimum Gasteiger partial charge on any atom is -0.494 e. The van der Waals surface area contributed by atoms with Crippen LogP contribution in [0.4, 0.5) is 0 Å². The Morgan fingerprint density at radius 3 is 2.50 bits per heavy atom. The predicted molar refractivity (Wildman–Crippen MR) is 95.0 cm³/mol. The predicted octanol–water partition coefficient (Wildman–Crippen LogP) is 4.30. The van der Waals surface area contributed by atoms with Gasteiger partial charge in [-0.25, -0.2) is 4.79 Å². The third kappa shape index (κ3) is 2.86. The maximum Gasteiger partial charge on any atom is 0.369 e. The lowest BCUT2D eigenvalue weighted by Gasteiger charge is -2.11. The zero-order chi connectivity index (χ0) is 17.4. The molecular weight excluding hydrogens is 397 g/mol. The first-order valence-corrected chi connectivity index (χ1v) is 8.43. The zero-order valence-corrected chi connectivity index (χ0v) is 15.1. The van der Waals surface area contributed by atoms with Gasteiger partial charge in [-0.2, -0.15) is 0 Å². The number of carbonyl (C=O) groups excluding carboxylic acids is 1. The molecule has 0 N–H and O–H groups in total. The van der Waals surface area contributed by atoms with Crippen LogP contribution >= 0.6 is 46.1 Å². The minimum absolute atomic E-state index is 0.0628. The Morgan fingerprint density at radius 1 is 1.08 bits per heavy atom. The molecule has 1 heterocycles. The van der Waals surface area contributed by atoms with E-state index in [4.69, 9.17) is 44.4 Å². The van der Waals surface area contributed by atoms with Crippen LogP contribution in [0.3, 0.4) is 0 Å². The summed E-state index contributed by atoms with van der Waals surface area (Å²) in [6.07, 6.45) is 0. The number of halogens is 3. The number of thiazole rings is 1. The lowest BCUT2D eigenvalue weighted by atomic mass is 10.2. The smallest absolute Gasteiger partial charge is 0.369 e. The molecule has 0 aliphatic heterocycles. The van der Waals surface area contributed by atoms with Gasteiger partial charge in [0, 0.05) is 0 Å². The summed E-state index contributed by atoms with van der Waals surface area (Å²) in [5.74, 6) is -0.825. The number of carbonyl (C=O) groups is 1. The van der Waals surface area contributed by atoms with Crippen molar-refractivity contribution in [2.75, 3.05) is 7.11 Å². The van der Waals surface area contributed by atoms with Crippen LogP contribution in [0.2, 0.25) is 15.1 Å². The van der Waals surface area contributed by atoms with Crippen LogP contribution in [0, 0.1) is 0 Å². The molecule has 2 aromatic carbocycles. The van der Waals surface area contributed by atoms with Crippen LogP contribution in [-0.2, 0) is 0 Å². The van der Waals surface area contributed by atoms with Crippen molar-refractivity contribution in [3.63, 3.8) is 0 Å². The number of fused-ring (bicyclic) bond motifs is 1. The molecule has 24 heavy (non-hydrogen) atoms. The third-order valence-electron chi connectivity index (χ3n) is 3.16. The van der Waals surface area contributed by atoms with E-state index >= 15 is 0 Å². The molecule has 0 saturated heterocycles. The number of methoxy groups -OCH3 is 1. The Balaban J connectivity index is 2.11. The molecule has 3 aromatic rings. The highest BCUT2D eigenvalue weighted by Crippen LogP contribution is 2.34. The molecular formula is C15H8Cl3NO4S. The number of hydrogen-bond acceptors (Lipinski definition) is 5. The number of hydrogen-bond donors (Lipinski definition) is 0. The quantitative estimate of drug-likeness (QED) is 0.653. The Kier molecular flexibility index (Phi) is 4.73. The van der Waals surface area contributed by atoms with Crippen molar-refractivity contribution in [3.8, 4) is 5.75 Å². The van der Waals surface area contributed by atoms with Crippen molar-refractivity contribution in [1.82, 2.24) is 4.73 Å². The van der Waals surface area contributed by atoms with Crippen LogP contribution < -0.4 is 14.4 Å². The van der Waals surface area contributed by atoms with E-state index in [-0.39, 0.29) is 26.4 Å². The van der Waals surface area contributed by atoms with E-state index in [9.17, 15) is 9.59 Å². The van der Waals surface area contributed by atoms with E-state index in [0.717, 1.165) is 16.1 Å². The molecule has 1 aromatic heterocycles. The van der Waals surface area contributed by atoms with E-state index < -0.39 is 10.8 Å². The Bertz CT molecular complexity index is 1010. The Hall–Kier alpha value is -1.73. The van der Waals surface area contributed by atoms with Crippen molar-refractivity contribution >= 4 is 62.3 Å². The molecule has 9 heteroatoms. The monoisotopic (exact) mass is 403 g/mol. The van der Waals surface area contributed by atoms with Crippen LogP contribution in [0.15, 0.2) is 35.1 Å². The lowest BCUT2D eigenvalue weighted by molar-refractivity contribution is 0.0469. The Labute approximate surface area is 154 Å². The topological polar surface area (TPSA) is 57.5 Å². The van der Waals surface area contributed by atoms with Gasteiger partial charge < -0.3 is 9.57 Å². The molecule has 0 aliphatic rings. The van der Waals surface area contributed by atoms with Crippen LogP contribution in [0.25, 0.3) is 10.2 Å². The molecule has 0 atom stereocenters. The summed E-state index contributed by atoms with van der Waals surface area (Å²) in [7, 11) is 1.34. The molecule has 0 unspecified atom stereocenters. The molecule has 3 rings (SSSR count). The summed E-state index contributed by atoms with van der Waals surface area (Å²) in [4.78, 5) is 29.4. The third-order valence-corrected chi connectivity index (χ3v) is 4.96. The van der Waals surface area contributed by atoms with Crippen molar-refractivity contribution in [2.24, 2.45) is 0 Å². The molecule has 0 saturated carbocycles. The Morgan fingerprint density at radius 2 is 1.79 bits per heavy atom. The highest BCUT2D eigenvalue weighted by molar-refractivity contribution is 7.16. The number of aromatic nitrogens is 1. The van der Waals surface area contributed by atoms with Gasteiger partial charge in [-0.3, -0.25) is 4.79 Å². The van der Waals surface area contributed by atoms with Gasteiger partial charge in [-0.05, 0) is 24.3 Å². The van der Waals surface area contributed by atoms with E-state index in [1.165, 1.54) is 19.2 Å². The maximum absolute atomic E-state index is 12.5. The van der Waals surface area contributed by atoms with Crippen molar-refractivity contribution in [2.45, 2.75) is 0 Å². The van der Waals surface area contributed by atoms with Gasteiger partial charge >= 0.3 is 10.8 Å². The SMILES string of the molecule is COc1c(Cl)ccc(Cl)c1C(=O)On1c(=O)sc2cccc(Cl)c21. The number of nitrogens with zero attached hydrogens (tertiary/aromatic N) is 1. The largest absolute Gasteiger partial charge is 0.494 e. The molecule has 124 valence electrons. The van der Waals surface area contributed by atoms with E-state index in [1.807, 2.05) is 0 Å². The normalized spacial score (nSPS) is 10.8. The fraction of sp³-hybridized carbons (Fsp3) is 0.0667. The standard InChI is InChI=1S/C15H8Cl3NO4S/c1-22-13-9(18)6-5-7(16)11(13)14(20)23-19-12-8(17)3-2-4-10(12)24-15(19)21/h2-6H,1H3. The van der Waals surface area contributed by atoms with Gasteiger partial charge in [0.15, 0.2) is 5.75 Å². The summed E-state index contributed by atoms with van der Waals surface area (Å²) in [5, 5.41) is 0.553.